The van der Waals surface area contributed by atoms with E-state index in [2.05, 4.69) is 10.1 Å². The van der Waals surface area contributed by atoms with Crippen LogP contribution in [0.4, 0.5) is 10.1 Å². The minimum atomic E-state index is -0.350. The average molecular weight is 273 g/mol. The number of hydrogen-bond donors (Lipinski definition) is 2. The molecule has 0 unspecified atom stereocenters. The maximum Gasteiger partial charge on any atom is 0.124 e. The second kappa shape index (κ2) is 6.12. The monoisotopic (exact) mass is 273 g/mol. The fourth-order valence-electron chi connectivity index (χ4n) is 1.77. The van der Waals surface area contributed by atoms with E-state index in [1.807, 2.05) is 0 Å². The summed E-state index contributed by atoms with van der Waals surface area (Å²) in [6.07, 6.45) is 6.35. The Morgan fingerprint density at radius 3 is 2.85 bits per heavy atom. The van der Waals surface area contributed by atoms with E-state index < -0.39 is 0 Å². The molecular formula is C14H16FN5. The third-order valence-electron chi connectivity index (χ3n) is 2.75. The van der Waals surface area contributed by atoms with Gasteiger partial charge in [0.2, 0.25) is 0 Å². The number of halogens is 1. The van der Waals surface area contributed by atoms with Crippen molar-refractivity contribution in [1.82, 2.24) is 9.78 Å². The van der Waals surface area contributed by atoms with Gasteiger partial charge in [-0.25, -0.2) is 4.39 Å². The SMILES string of the molecule is Cn1cc(N=CC(=CN)c2cc(F)cc(CN)c2)cn1. The molecule has 0 radical (unpaired) electrons. The molecule has 20 heavy (non-hydrogen) atoms. The molecule has 0 spiro atoms. The van der Waals surface area contributed by atoms with Gasteiger partial charge in [0.1, 0.15) is 11.5 Å². The van der Waals surface area contributed by atoms with Gasteiger partial charge < -0.3 is 11.5 Å². The zero-order valence-electron chi connectivity index (χ0n) is 11.1. The van der Waals surface area contributed by atoms with Gasteiger partial charge in [0.25, 0.3) is 0 Å². The molecule has 1 aromatic heterocycles. The summed E-state index contributed by atoms with van der Waals surface area (Å²) in [5.74, 6) is -0.350. The van der Waals surface area contributed by atoms with Crippen LogP contribution in [0.3, 0.4) is 0 Å². The molecule has 6 heteroatoms. The van der Waals surface area contributed by atoms with Gasteiger partial charge in [-0.15, -0.1) is 0 Å². The van der Waals surface area contributed by atoms with Gasteiger partial charge >= 0.3 is 0 Å². The van der Waals surface area contributed by atoms with E-state index in [0.29, 0.717) is 22.4 Å². The van der Waals surface area contributed by atoms with Crippen LogP contribution in [-0.4, -0.2) is 16.0 Å². The molecule has 0 aliphatic rings. The molecule has 0 aliphatic heterocycles. The largest absolute Gasteiger partial charge is 0.404 e. The van der Waals surface area contributed by atoms with Crippen molar-refractivity contribution in [2.75, 3.05) is 0 Å². The normalized spacial score (nSPS) is 12.2. The van der Waals surface area contributed by atoms with Crippen molar-refractivity contribution < 1.29 is 4.39 Å². The highest BCUT2D eigenvalue weighted by atomic mass is 19.1. The van der Waals surface area contributed by atoms with Crippen molar-refractivity contribution in [2.24, 2.45) is 23.5 Å². The number of allylic oxidation sites excluding steroid dienone is 1. The van der Waals surface area contributed by atoms with Crippen LogP contribution in [0.1, 0.15) is 11.1 Å². The van der Waals surface area contributed by atoms with Crippen LogP contribution < -0.4 is 11.5 Å². The van der Waals surface area contributed by atoms with Gasteiger partial charge in [0.15, 0.2) is 0 Å². The van der Waals surface area contributed by atoms with E-state index in [1.54, 1.807) is 36.4 Å². The van der Waals surface area contributed by atoms with Gasteiger partial charge in [-0.2, -0.15) is 5.10 Å². The third-order valence-corrected chi connectivity index (χ3v) is 2.75. The zero-order valence-corrected chi connectivity index (χ0v) is 11.1. The highest BCUT2D eigenvalue weighted by molar-refractivity contribution is 6.10. The zero-order chi connectivity index (χ0) is 14.5. The van der Waals surface area contributed by atoms with Crippen LogP contribution in [0.15, 0.2) is 41.8 Å². The summed E-state index contributed by atoms with van der Waals surface area (Å²) in [4.78, 5) is 4.25. The topological polar surface area (TPSA) is 82.2 Å². The highest BCUT2D eigenvalue weighted by Gasteiger charge is 2.04. The summed E-state index contributed by atoms with van der Waals surface area (Å²) in [5.41, 5.74) is 13.8. The number of benzene rings is 1. The molecule has 2 aromatic rings. The van der Waals surface area contributed by atoms with E-state index in [9.17, 15) is 4.39 Å². The van der Waals surface area contributed by atoms with Crippen LogP contribution in [0.2, 0.25) is 0 Å². The molecule has 1 heterocycles. The van der Waals surface area contributed by atoms with Crippen molar-refractivity contribution >= 4 is 17.5 Å². The molecule has 0 amide bonds. The van der Waals surface area contributed by atoms with Crippen molar-refractivity contribution in [3.8, 4) is 0 Å². The Balaban J connectivity index is 2.29. The van der Waals surface area contributed by atoms with Gasteiger partial charge in [-0.05, 0) is 29.3 Å². The second-order valence-corrected chi connectivity index (χ2v) is 4.30. The Bertz CT molecular complexity index is 657. The minimum Gasteiger partial charge on any atom is -0.404 e. The predicted molar refractivity (Wildman–Crippen MR) is 77.8 cm³/mol. The van der Waals surface area contributed by atoms with Crippen LogP contribution in [0, 0.1) is 5.82 Å². The van der Waals surface area contributed by atoms with Crippen LogP contribution >= 0.6 is 0 Å². The Labute approximate surface area is 116 Å². The smallest absolute Gasteiger partial charge is 0.124 e. The minimum absolute atomic E-state index is 0.266. The standard InChI is InChI=1S/C14H16FN5/c1-20-9-14(8-19-20)18-7-12(6-17)11-2-10(5-16)3-13(15)4-11/h2-4,6-9H,5,16-17H2,1H3. The van der Waals surface area contributed by atoms with Gasteiger partial charge in [-0.1, -0.05) is 0 Å². The quantitative estimate of drug-likeness (QED) is 0.832. The van der Waals surface area contributed by atoms with Crippen molar-refractivity contribution in [2.45, 2.75) is 6.54 Å². The first-order valence-electron chi connectivity index (χ1n) is 6.07. The summed E-state index contributed by atoms with van der Waals surface area (Å²) in [5, 5.41) is 4.01. The average Bonchev–Trinajstić information content (AvgIpc) is 2.84. The molecule has 0 fully saturated rings. The lowest BCUT2D eigenvalue weighted by atomic mass is 10.0. The lowest BCUT2D eigenvalue weighted by molar-refractivity contribution is 0.625. The van der Waals surface area contributed by atoms with E-state index in [0.717, 1.165) is 0 Å². The molecule has 0 saturated heterocycles. The Morgan fingerprint density at radius 1 is 1.45 bits per heavy atom. The van der Waals surface area contributed by atoms with Gasteiger partial charge in [-0.3, -0.25) is 9.67 Å². The maximum atomic E-state index is 13.5. The number of nitrogens with two attached hydrogens (primary N) is 2. The van der Waals surface area contributed by atoms with E-state index in [1.165, 1.54) is 18.3 Å². The summed E-state index contributed by atoms with van der Waals surface area (Å²) in [6, 6.07) is 4.58. The third kappa shape index (κ3) is 3.30. The molecule has 0 aliphatic carbocycles. The van der Waals surface area contributed by atoms with Gasteiger partial charge in [0, 0.05) is 31.6 Å². The first-order chi connectivity index (χ1) is 9.62. The fraction of sp³-hybridized carbons (Fsp3) is 0.143. The Kier molecular flexibility index (Phi) is 4.27. The molecule has 104 valence electrons. The molecule has 5 nitrogen and oxygen atoms in total. The van der Waals surface area contributed by atoms with Gasteiger partial charge in [0.05, 0.1) is 12.4 Å². The van der Waals surface area contributed by atoms with Crippen LogP contribution in [0.5, 0.6) is 0 Å². The summed E-state index contributed by atoms with van der Waals surface area (Å²) < 4.78 is 15.1. The van der Waals surface area contributed by atoms with Crippen LogP contribution in [0.25, 0.3) is 5.57 Å². The van der Waals surface area contributed by atoms with Crippen molar-refractivity contribution in [3.05, 3.63) is 53.7 Å². The first kappa shape index (κ1) is 14.0. The molecule has 1 aromatic carbocycles. The summed E-state index contributed by atoms with van der Waals surface area (Å²) in [6.45, 7) is 0.266. The number of hydrogen-bond acceptors (Lipinski definition) is 4. The lowest BCUT2D eigenvalue weighted by Crippen LogP contribution is -2.00. The predicted octanol–water partition coefficient (Wildman–Crippen LogP) is 1.72. The fourth-order valence-corrected chi connectivity index (χ4v) is 1.77. The van der Waals surface area contributed by atoms with E-state index in [-0.39, 0.29) is 12.4 Å². The Hall–Kier alpha value is -2.47. The molecular weight excluding hydrogens is 257 g/mol. The summed E-state index contributed by atoms with van der Waals surface area (Å²) in [7, 11) is 1.80. The van der Waals surface area contributed by atoms with E-state index >= 15 is 0 Å². The van der Waals surface area contributed by atoms with Crippen LogP contribution in [-0.2, 0) is 13.6 Å². The molecule has 0 atom stereocenters. The molecule has 2 rings (SSSR count). The number of aryl methyl sites for hydroxylation is 1. The van der Waals surface area contributed by atoms with Crippen molar-refractivity contribution in [1.29, 1.82) is 0 Å². The number of aliphatic imine (C=N–C) groups is 1. The second-order valence-electron chi connectivity index (χ2n) is 4.30. The van der Waals surface area contributed by atoms with E-state index in [4.69, 9.17) is 11.5 Å². The highest BCUT2D eigenvalue weighted by Crippen LogP contribution is 2.17. The number of aromatic nitrogens is 2. The molecule has 0 saturated carbocycles. The first-order valence-corrected chi connectivity index (χ1v) is 6.07. The number of nitrogens with zero attached hydrogens (tertiary/aromatic N) is 3. The molecule has 0 bridgehead atoms. The molecule has 4 N–H and O–H groups in total. The number of rotatable bonds is 4. The van der Waals surface area contributed by atoms with Crippen molar-refractivity contribution in [3.63, 3.8) is 0 Å². The lowest BCUT2D eigenvalue weighted by Gasteiger charge is -2.05. The Morgan fingerprint density at radius 2 is 2.25 bits per heavy atom. The summed E-state index contributed by atoms with van der Waals surface area (Å²) >= 11 is 0. The maximum absolute atomic E-state index is 13.5.